The highest BCUT2D eigenvalue weighted by molar-refractivity contribution is 6.01. The van der Waals surface area contributed by atoms with E-state index in [1.807, 2.05) is 13.0 Å². The van der Waals surface area contributed by atoms with Crippen molar-refractivity contribution in [1.29, 1.82) is 5.26 Å². The van der Waals surface area contributed by atoms with Gasteiger partial charge in [-0.2, -0.15) is 5.26 Å². The third kappa shape index (κ3) is 4.83. The minimum atomic E-state index is -0.722. The Morgan fingerprint density at radius 3 is 2.27 bits per heavy atom. The summed E-state index contributed by atoms with van der Waals surface area (Å²) in [6.45, 7) is 19.1. The molecule has 0 spiro atoms. The lowest BCUT2D eigenvalue weighted by Gasteiger charge is -2.63. The van der Waals surface area contributed by atoms with Crippen LogP contribution in [0.25, 0.3) is 0 Å². The van der Waals surface area contributed by atoms with Gasteiger partial charge in [-0.3, -0.25) is 9.59 Å². The highest BCUT2D eigenvalue weighted by Gasteiger charge is 2.61. The number of nitrogens with zero attached hydrogens (tertiary/aromatic N) is 1. The second-order valence-electron chi connectivity index (χ2n) is 14.8. The summed E-state index contributed by atoms with van der Waals surface area (Å²) in [4.78, 5) is 38.3. The number of hydrogen-bond acceptors (Lipinski definition) is 4. The molecule has 0 bridgehead atoms. The lowest BCUT2D eigenvalue weighted by atomic mass is 9.41. The highest BCUT2D eigenvalue weighted by Crippen LogP contribution is 2.66. The molecule has 1 N–H and O–H groups in total. The van der Waals surface area contributed by atoms with E-state index in [-0.39, 0.29) is 57.1 Å². The van der Waals surface area contributed by atoms with Crippen molar-refractivity contribution in [2.75, 3.05) is 0 Å². The number of carboxylic acid groups (broad SMARTS) is 1. The number of aliphatic carboxylic acids is 1. The topological polar surface area (TPSA) is 95.2 Å². The Morgan fingerprint density at radius 2 is 1.76 bits per heavy atom. The SMILES string of the molecule is CC(=O)C[C@@H]1[C@@]2(C)C=C(C#N)C(=O)[C@@H](C)[C@@H]2CC[C@@]1(C)C(C)(C)CC[C@@]1(C(=O)O)CCC(C)(C)CC1C. The van der Waals surface area contributed by atoms with Gasteiger partial charge in [0.2, 0.25) is 0 Å². The van der Waals surface area contributed by atoms with Gasteiger partial charge in [0.05, 0.1) is 11.0 Å². The second-order valence-corrected chi connectivity index (χ2v) is 14.8. The molecule has 0 saturated heterocycles. The summed E-state index contributed by atoms with van der Waals surface area (Å²) in [6, 6.07) is 2.14. The van der Waals surface area contributed by atoms with E-state index in [0.29, 0.717) is 19.3 Å². The first-order chi connectivity index (χ1) is 16.9. The van der Waals surface area contributed by atoms with Gasteiger partial charge >= 0.3 is 5.97 Å². The molecule has 0 aromatic heterocycles. The fraction of sp³-hybridized carbons (Fsp3) is 0.812. The average Bonchev–Trinajstić information content (AvgIpc) is 2.77. The van der Waals surface area contributed by atoms with Crippen LogP contribution in [0.3, 0.4) is 0 Å². The van der Waals surface area contributed by atoms with E-state index in [2.05, 4.69) is 54.5 Å². The maximum absolute atomic E-state index is 12.9. The van der Waals surface area contributed by atoms with Crippen LogP contribution in [0.15, 0.2) is 11.6 Å². The molecule has 1 unspecified atom stereocenters. The Balaban J connectivity index is 2.01. The number of hydrogen-bond donors (Lipinski definition) is 1. The molecule has 5 nitrogen and oxygen atoms in total. The maximum atomic E-state index is 12.9. The molecule has 7 atom stereocenters. The fourth-order valence-electron chi connectivity index (χ4n) is 8.87. The fourth-order valence-corrected chi connectivity index (χ4v) is 8.87. The van der Waals surface area contributed by atoms with Crippen LogP contribution in [0.4, 0.5) is 0 Å². The Kier molecular flexibility index (Phi) is 7.72. The van der Waals surface area contributed by atoms with E-state index in [0.717, 1.165) is 32.1 Å². The van der Waals surface area contributed by atoms with Gasteiger partial charge in [-0.25, -0.2) is 0 Å². The molecule has 0 radical (unpaired) electrons. The molecule has 3 rings (SSSR count). The van der Waals surface area contributed by atoms with Crippen molar-refractivity contribution < 1.29 is 19.5 Å². The summed E-state index contributed by atoms with van der Waals surface area (Å²) < 4.78 is 0. The number of fused-ring (bicyclic) bond motifs is 1. The molecule has 0 aliphatic heterocycles. The van der Waals surface area contributed by atoms with Crippen molar-refractivity contribution in [1.82, 2.24) is 0 Å². The van der Waals surface area contributed by atoms with Gasteiger partial charge in [-0.15, -0.1) is 0 Å². The lowest BCUT2D eigenvalue weighted by molar-refractivity contribution is -0.161. The average molecular weight is 512 g/mol. The minimum absolute atomic E-state index is 0.0337. The van der Waals surface area contributed by atoms with Gasteiger partial charge in [0.1, 0.15) is 11.9 Å². The van der Waals surface area contributed by atoms with Crippen LogP contribution in [0.5, 0.6) is 0 Å². The summed E-state index contributed by atoms with van der Waals surface area (Å²) in [7, 11) is 0. The molecule has 0 amide bonds. The maximum Gasteiger partial charge on any atom is 0.309 e. The quantitative estimate of drug-likeness (QED) is 0.384. The molecule has 206 valence electrons. The first-order valence-corrected chi connectivity index (χ1v) is 14.3. The molecular weight excluding hydrogens is 462 g/mol. The van der Waals surface area contributed by atoms with Gasteiger partial charge in [0, 0.05) is 12.3 Å². The molecule has 2 saturated carbocycles. The Labute approximate surface area is 224 Å². The number of carboxylic acids is 1. The van der Waals surface area contributed by atoms with Crippen LogP contribution in [-0.2, 0) is 14.4 Å². The van der Waals surface area contributed by atoms with Gasteiger partial charge < -0.3 is 9.90 Å². The number of rotatable bonds is 7. The zero-order chi connectivity index (χ0) is 28.2. The smallest absolute Gasteiger partial charge is 0.309 e. The van der Waals surface area contributed by atoms with Crippen molar-refractivity contribution in [3.63, 3.8) is 0 Å². The van der Waals surface area contributed by atoms with Crippen LogP contribution in [0.2, 0.25) is 0 Å². The van der Waals surface area contributed by atoms with Gasteiger partial charge in [-0.05, 0) is 91.3 Å². The summed E-state index contributed by atoms with van der Waals surface area (Å²) in [5.74, 6) is -0.709. The summed E-state index contributed by atoms with van der Waals surface area (Å²) in [5.41, 5.74) is -1.26. The van der Waals surface area contributed by atoms with Crippen molar-refractivity contribution in [3.05, 3.63) is 11.6 Å². The molecule has 3 aliphatic carbocycles. The van der Waals surface area contributed by atoms with E-state index in [9.17, 15) is 24.8 Å². The van der Waals surface area contributed by atoms with E-state index >= 15 is 0 Å². The third-order valence-corrected chi connectivity index (χ3v) is 11.9. The number of nitriles is 1. The number of Topliss-reactive ketones (excluding diaryl/α,β-unsaturated/α-hetero) is 2. The summed E-state index contributed by atoms with van der Waals surface area (Å²) in [6.07, 6.45) is 7.97. The molecule has 2 fully saturated rings. The standard InChI is InChI=1S/C32H49NO4/c1-20-17-28(4,5)12-14-32(20,27(36)37)15-13-29(6,7)31(9)11-10-24-22(3)26(35)23(19-33)18-30(24,8)25(31)16-21(2)34/h18,20,22,24-25H,10-17H2,1-9H3,(H,36,37)/t20?,22-,24-,25+,30-,31+,32-/m0/s1. The van der Waals surface area contributed by atoms with Crippen molar-refractivity contribution in [3.8, 4) is 6.07 Å². The molecule has 5 heteroatoms. The van der Waals surface area contributed by atoms with Gasteiger partial charge in [-0.1, -0.05) is 61.5 Å². The second kappa shape index (κ2) is 9.65. The third-order valence-electron chi connectivity index (χ3n) is 11.9. The monoisotopic (exact) mass is 511 g/mol. The molecular formula is C32H49NO4. The summed E-state index contributed by atoms with van der Waals surface area (Å²) >= 11 is 0. The van der Waals surface area contributed by atoms with Crippen LogP contribution in [0, 0.1) is 62.1 Å². The molecule has 37 heavy (non-hydrogen) atoms. The van der Waals surface area contributed by atoms with E-state index in [4.69, 9.17) is 0 Å². The largest absolute Gasteiger partial charge is 0.481 e. The number of ketones is 2. The zero-order valence-electron chi connectivity index (χ0n) is 24.7. The van der Waals surface area contributed by atoms with Gasteiger partial charge in [0.15, 0.2) is 5.78 Å². The number of carbonyl (C=O) groups excluding carboxylic acids is 2. The Hall–Kier alpha value is -1.96. The van der Waals surface area contributed by atoms with Crippen LogP contribution in [-0.4, -0.2) is 22.6 Å². The van der Waals surface area contributed by atoms with Crippen molar-refractivity contribution in [2.45, 2.75) is 114 Å². The summed E-state index contributed by atoms with van der Waals surface area (Å²) in [5, 5.41) is 20.2. The lowest BCUT2D eigenvalue weighted by Crippen LogP contribution is -2.57. The van der Waals surface area contributed by atoms with E-state index < -0.39 is 16.8 Å². The van der Waals surface area contributed by atoms with Crippen LogP contribution in [0.1, 0.15) is 114 Å². The van der Waals surface area contributed by atoms with Crippen LogP contribution < -0.4 is 0 Å². The van der Waals surface area contributed by atoms with Crippen molar-refractivity contribution in [2.24, 2.45) is 50.7 Å². The number of carbonyl (C=O) groups is 3. The first-order valence-electron chi connectivity index (χ1n) is 14.3. The predicted octanol–water partition coefficient (Wildman–Crippen LogP) is 7.40. The number of allylic oxidation sites excluding steroid dienone is 2. The molecule has 0 aromatic rings. The molecule has 0 aromatic carbocycles. The molecule has 3 aliphatic rings. The first kappa shape index (κ1) is 29.6. The van der Waals surface area contributed by atoms with Gasteiger partial charge in [0.25, 0.3) is 0 Å². The molecule has 0 heterocycles. The highest BCUT2D eigenvalue weighted by atomic mass is 16.4. The zero-order valence-corrected chi connectivity index (χ0v) is 24.7. The predicted molar refractivity (Wildman–Crippen MR) is 145 cm³/mol. The minimum Gasteiger partial charge on any atom is -0.481 e. The van der Waals surface area contributed by atoms with Crippen molar-refractivity contribution >= 4 is 17.5 Å². The normalized spacial score (nSPS) is 39.8. The van der Waals surface area contributed by atoms with Crippen LogP contribution >= 0.6 is 0 Å². The van der Waals surface area contributed by atoms with E-state index in [1.165, 1.54) is 0 Å². The van der Waals surface area contributed by atoms with E-state index in [1.54, 1.807) is 6.92 Å². The Bertz CT molecular complexity index is 1030. The Morgan fingerprint density at radius 1 is 1.14 bits per heavy atom.